The summed E-state index contributed by atoms with van der Waals surface area (Å²) in [7, 11) is 0. The highest BCUT2D eigenvalue weighted by atomic mass is 35.5. The first-order valence-electron chi connectivity index (χ1n) is 8.50. The van der Waals surface area contributed by atoms with E-state index in [1.807, 2.05) is 43.3 Å². The van der Waals surface area contributed by atoms with Crippen LogP contribution in [0.1, 0.15) is 25.8 Å². The Kier molecular flexibility index (Phi) is 8.16. The molecule has 0 fully saturated rings. The molecular formula is C20H24ClNO2S. The number of carbonyl (C=O) groups excluding carboxylic acids is 1. The molecule has 25 heavy (non-hydrogen) atoms. The smallest absolute Gasteiger partial charge is 0.233 e. The van der Waals surface area contributed by atoms with Gasteiger partial charge in [0.2, 0.25) is 5.91 Å². The molecule has 3 nitrogen and oxygen atoms in total. The van der Waals surface area contributed by atoms with Crippen LogP contribution in [0, 0.1) is 0 Å². The van der Waals surface area contributed by atoms with Crippen molar-refractivity contribution in [3.63, 3.8) is 0 Å². The third-order valence-corrected chi connectivity index (χ3v) is 4.99. The molecule has 134 valence electrons. The quantitative estimate of drug-likeness (QED) is 0.495. The minimum Gasteiger partial charge on any atom is -0.492 e. The summed E-state index contributed by atoms with van der Waals surface area (Å²) in [5, 5.41) is 3.43. The molecule has 2 aromatic carbocycles. The highest BCUT2D eigenvalue weighted by Gasteiger charge is 2.13. The molecule has 0 saturated carbocycles. The minimum absolute atomic E-state index is 0.00171. The molecule has 0 aliphatic carbocycles. The van der Waals surface area contributed by atoms with Gasteiger partial charge in [-0.05, 0) is 55.3 Å². The van der Waals surface area contributed by atoms with Crippen molar-refractivity contribution in [1.82, 2.24) is 5.32 Å². The topological polar surface area (TPSA) is 38.3 Å². The molecule has 1 atom stereocenters. The summed E-state index contributed by atoms with van der Waals surface area (Å²) in [5.74, 6) is 0.833. The van der Waals surface area contributed by atoms with Crippen LogP contribution >= 0.6 is 23.4 Å². The minimum atomic E-state index is -0.172. The molecule has 5 heteroatoms. The van der Waals surface area contributed by atoms with Crippen LogP contribution in [0.3, 0.4) is 0 Å². The maximum absolute atomic E-state index is 12.1. The van der Waals surface area contributed by atoms with Crippen LogP contribution in [0.5, 0.6) is 5.75 Å². The number of rotatable bonds is 9. The zero-order valence-corrected chi connectivity index (χ0v) is 16.2. The molecule has 2 rings (SSSR count). The largest absolute Gasteiger partial charge is 0.492 e. The number of nitrogens with one attached hydrogen (secondary N) is 1. The highest BCUT2D eigenvalue weighted by molar-refractivity contribution is 8.00. The molecule has 0 spiro atoms. The Morgan fingerprint density at radius 2 is 1.84 bits per heavy atom. The highest BCUT2D eigenvalue weighted by Crippen LogP contribution is 2.24. The van der Waals surface area contributed by atoms with E-state index in [-0.39, 0.29) is 11.2 Å². The van der Waals surface area contributed by atoms with Crippen LogP contribution in [0.4, 0.5) is 0 Å². The molecule has 0 saturated heterocycles. The number of benzene rings is 2. The van der Waals surface area contributed by atoms with Gasteiger partial charge in [0.25, 0.3) is 0 Å². The normalized spacial score (nSPS) is 11.8. The van der Waals surface area contributed by atoms with E-state index in [9.17, 15) is 4.79 Å². The molecule has 0 aliphatic rings. The molecule has 0 radical (unpaired) electrons. The number of thioether (sulfide) groups is 1. The molecule has 1 N–H and O–H groups in total. The fourth-order valence-electron chi connectivity index (χ4n) is 2.30. The lowest BCUT2D eigenvalue weighted by Gasteiger charge is -2.13. The SMILES string of the molecule is CCCc1ccc(OCCNC(=O)[C@@H](C)Sc2ccc(Cl)cc2)cc1. The first-order chi connectivity index (χ1) is 12.1. The second kappa shape index (κ2) is 10.4. The Balaban J connectivity index is 1.68. The first-order valence-corrected chi connectivity index (χ1v) is 9.76. The van der Waals surface area contributed by atoms with Crippen LogP contribution in [0.25, 0.3) is 0 Å². The van der Waals surface area contributed by atoms with Crippen molar-refractivity contribution in [3.8, 4) is 5.75 Å². The van der Waals surface area contributed by atoms with Gasteiger partial charge < -0.3 is 10.1 Å². The maximum Gasteiger partial charge on any atom is 0.233 e. The Hall–Kier alpha value is -1.65. The summed E-state index contributed by atoms with van der Waals surface area (Å²) in [4.78, 5) is 13.2. The van der Waals surface area contributed by atoms with E-state index >= 15 is 0 Å². The van der Waals surface area contributed by atoms with Gasteiger partial charge in [-0.3, -0.25) is 4.79 Å². The second-order valence-corrected chi connectivity index (χ2v) is 7.60. The van der Waals surface area contributed by atoms with Gasteiger partial charge in [-0.1, -0.05) is 37.1 Å². The van der Waals surface area contributed by atoms with Gasteiger partial charge in [0.1, 0.15) is 12.4 Å². The van der Waals surface area contributed by atoms with E-state index in [4.69, 9.17) is 16.3 Å². The number of halogens is 1. The van der Waals surface area contributed by atoms with Crippen LogP contribution < -0.4 is 10.1 Å². The number of ether oxygens (including phenoxy) is 1. The molecular weight excluding hydrogens is 354 g/mol. The molecule has 1 amide bonds. The Morgan fingerprint density at radius 1 is 1.16 bits per heavy atom. The van der Waals surface area contributed by atoms with Crippen LogP contribution in [-0.2, 0) is 11.2 Å². The third-order valence-electron chi connectivity index (χ3n) is 3.63. The third kappa shape index (κ3) is 7.00. The standard InChI is InChI=1S/C20H24ClNO2S/c1-3-4-16-5-9-18(10-6-16)24-14-13-22-20(23)15(2)25-19-11-7-17(21)8-12-19/h5-12,15H,3-4,13-14H2,1-2H3,(H,22,23)/t15-/m1/s1. The molecule has 2 aromatic rings. The molecule has 0 aliphatic heterocycles. The number of hydrogen-bond acceptors (Lipinski definition) is 3. The van der Waals surface area contributed by atoms with Crippen molar-refractivity contribution in [2.45, 2.75) is 36.8 Å². The van der Waals surface area contributed by atoms with Crippen molar-refractivity contribution in [2.75, 3.05) is 13.2 Å². The van der Waals surface area contributed by atoms with E-state index < -0.39 is 0 Å². The van der Waals surface area contributed by atoms with Gasteiger partial charge in [-0.15, -0.1) is 11.8 Å². The van der Waals surface area contributed by atoms with Gasteiger partial charge in [-0.25, -0.2) is 0 Å². The number of aryl methyl sites for hydroxylation is 1. The van der Waals surface area contributed by atoms with Crippen molar-refractivity contribution >= 4 is 29.3 Å². The number of amides is 1. The second-order valence-electron chi connectivity index (χ2n) is 5.75. The summed E-state index contributed by atoms with van der Waals surface area (Å²) in [6, 6.07) is 15.6. The number of hydrogen-bond donors (Lipinski definition) is 1. The molecule has 0 heterocycles. The van der Waals surface area contributed by atoms with Gasteiger partial charge in [0.05, 0.1) is 11.8 Å². The molecule has 0 aromatic heterocycles. The van der Waals surface area contributed by atoms with E-state index in [1.165, 1.54) is 17.3 Å². The first kappa shape index (κ1) is 19.7. The fraction of sp³-hybridized carbons (Fsp3) is 0.350. The van der Waals surface area contributed by atoms with E-state index in [2.05, 4.69) is 24.4 Å². The lowest BCUT2D eigenvalue weighted by Crippen LogP contribution is -2.33. The monoisotopic (exact) mass is 377 g/mol. The summed E-state index contributed by atoms with van der Waals surface area (Å²) in [6.45, 7) is 5.00. The summed E-state index contributed by atoms with van der Waals surface area (Å²) < 4.78 is 5.66. The van der Waals surface area contributed by atoms with E-state index in [0.717, 1.165) is 23.5 Å². The Morgan fingerprint density at radius 3 is 2.48 bits per heavy atom. The van der Waals surface area contributed by atoms with Crippen molar-refractivity contribution in [3.05, 3.63) is 59.1 Å². The van der Waals surface area contributed by atoms with Crippen molar-refractivity contribution < 1.29 is 9.53 Å². The predicted molar refractivity (Wildman–Crippen MR) is 106 cm³/mol. The van der Waals surface area contributed by atoms with Crippen LogP contribution in [-0.4, -0.2) is 24.3 Å². The van der Waals surface area contributed by atoms with Gasteiger partial charge in [0, 0.05) is 9.92 Å². The fourth-order valence-corrected chi connectivity index (χ4v) is 3.32. The molecule has 0 bridgehead atoms. The van der Waals surface area contributed by atoms with Gasteiger partial charge >= 0.3 is 0 Å². The average molecular weight is 378 g/mol. The van der Waals surface area contributed by atoms with Crippen LogP contribution in [0.15, 0.2) is 53.4 Å². The van der Waals surface area contributed by atoms with E-state index in [1.54, 1.807) is 0 Å². The van der Waals surface area contributed by atoms with Crippen LogP contribution in [0.2, 0.25) is 5.02 Å². The Bertz CT molecular complexity index is 658. The maximum atomic E-state index is 12.1. The lowest BCUT2D eigenvalue weighted by atomic mass is 10.1. The predicted octanol–water partition coefficient (Wildman–Crippen LogP) is 4.97. The zero-order valence-electron chi connectivity index (χ0n) is 14.6. The number of carbonyl (C=O) groups is 1. The summed E-state index contributed by atoms with van der Waals surface area (Å²) >= 11 is 7.38. The zero-order chi connectivity index (χ0) is 18.1. The van der Waals surface area contributed by atoms with E-state index in [0.29, 0.717) is 18.2 Å². The van der Waals surface area contributed by atoms with Gasteiger partial charge in [-0.2, -0.15) is 0 Å². The average Bonchev–Trinajstić information content (AvgIpc) is 2.62. The van der Waals surface area contributed by atoms with Crippen molar-refractivity contribution in [2.24, 2.45) is 0 Å². The lowest BCUT2D eigenvalue weighted by molar-refractivity contribution is -0.120. The Labute approximate surface area is 159 Å². The molecule has 0 unspecified atom stereocenters. The summed E-state index contributed by atoms with van der Waals surface area (Å²) in [6.07, 6.45) is 2.22. The van der Waals surface area contributed by atoms with Gasteiger partial charge in [0.15, 0.2) is 0 Å². The van der Waals surface area contributed by atoms with Crippen molar-refractivity contribution in [1.29, 1.82) is 0 Å². The summed E-state index contributed by atoms with van der Waals surface area (Å²) in [5.41, 5.74) is 1.32.